The van der Waals surface area contributed by atoms with Gasteiger partial charge in [-0.15, -0.1) is 11.6 Å². The first-order valence-corrected chi connectivity index (χ1v) is 7.56. The molecule has 2 rings (SSSR count). The van der Waals surface area contributed by atoms with Gasteiger partial charge < -0.3 is 9.47 Å². The lowest BCUT2D eigenvalue weighted by Crippen LogP contribution is -2.23. The Morgan fingerprint density at radius 2 is 2.15 bits per heavy atom. The fourth-order valence-electron chi connectivity index (χ4n) is 2.12. The third kappa shape index (κ3) is 3.25. The molecule has 20 heavy (non-hydrogen) atoms. The first-order chi connectivity index (χ1) is 9.56. The molecule has 0 spiro atoms. The SMILES string of the molecule is CCN(C)CCn1c(CCCl)nc2cc(F)c(Cl)cc21. The van der Waals surface area contributed by atoms with Crippen molar-refractivity contribution in [3.8, 4) is 0 Å². The molecular weight excluding hydrogens is 300 g/mol. The van der Waals surface area contributed by atoms with Gasteiger partial charge in [-0.2, -0.15) is 0 Å². The molecule has 0 amide bonds. The van der Waals surface area contributed by atoms with Crippen LogP contribution in [0, 0.1) is 5.82 Å². The maximum Gasteiger partial charge on any atom is 0.144 e. The Hall–Kier alpha value is -0.840. The van der Waals surface area contributed by atoms with Crippen molar-refractivity contribution in [1.82, 2.24) is 14.5 Å². The van der Waals surface area contributed by atoms with Crippen molar-refractivity contribution in [2.75, 3.05) is 26.0 Å². The number of halogens is 3. The summed E-state index contributed by atoms with van der Waals surface area (Å²) in [5, 5.41) is 0.125. The number of alkyl halides is 1. The molecule has 3 nitrogen and oxygen atoms in total. The number of fused-ring (bicyclic) bond motifs is 1. The van der Waals surface area contributed by atoms with Crippen molar-refractivity contribution >= 4 is 34.2 Å². The highest BCUT2D eigenvalue weighted by atomic mass is 35.5. The van der Waals surface area contributed by atoms with Gasteiger partial charge in [-0.05, 0) is 19.7 Å². The second-order valence-corrected chi connectivity index (χ2v) is 5.55. The smallest absolute Gasteiger partial charge is 0.144 e. The average molecular weight is 318 g/mol. The monoisotopic (exact) mass is 317 g/mol. The van der Waals surface area contributed by atoms with Gasteiger partial charge in [0.25, 0.3) is 0 Å². The van der Waals surface area contributed by atoms with Crippen molar-refractivity contribution < 1.29 is 4.39 Å². The number of aromatic nitrogens is 2. The zero-order valence-corrected chi connectivity index (χ0v) is 13.2. The van der Waals surface area contributed by atoms with Gasteiger partial charge in [0.2, 0.25) is 0 Å². The number of hydrogen-bond acceptors (Lipinski definition) is 2. The highest BCUT2D eigenvalue weighted by Gasteiger charge is 2.13. The fraction of sp³-hybridized carbons (Fsp3) is 0.500. The number of rotatable bonds is 6. The predicted molar refractivity (Wildman–Crippen MR) is 82.3 cm³/mol. The van der Waals surface area contributed by atoms with Crippen LogP contribution in [0.1, 0.15) is 12.7 Å². The largest absolute Gasteiger partial charge is 0.327 e. The van der Waals surface area contributed by atoms with E-state index in [-0.39, 0.29) is 5.02 Å². The molecule has 6 heteroatoms. The molecule has 1 heterocycles. The van der Waals surface area contributed by atoms with Crippen molar-refractivity contribution in [2.45, 2.75) is 19.9 Å². The molecule has 0 bridgehead atoms. The number of hydrogen-bond donors (Lipinski definition) is 0. The molecule has 2 aromatic rings. The highest BCUT2D eigenvalue weighted by Crippen LogP contribution is 2.24. The molecule has 0 aliphatic rings. The lowest BCUT2D eigenvalue weighted by atomic mass is 10.3. The summed E-state index contributed by atoms with van der Waals surface area (Å²) in [6.45, 7) is 4.77. The van der Waals surface area contributed by atoms with E-state index in [2.05, 4.69) is 28.4 Å². The van der Waals surface area contributed by atoms with E-state index in [1.54, 1.807) is 6.07 Å². The Labute approximate surface area is 128 Å². The number of imidazole rings is 1. The summed E-state index contributed by atoms with van der Waals surface area (Å²) in [4.78, 5) is 6.68. The molecule has 1 aromatic heterocycles. The van der Waals surface area contributed by atoms with Gasteiger partial charge in [0.05, 0.1) is 16.1 Å². The zero-order chi connectivity index (χ0) is 14.7. The molecule has 110 valence electrons. The fourth-order valence-corrected chi connectivity index (χ4v) is 2.45. The zero-order valence-electron chi connectivity index (χ0n) is 11.7. The third-order valence-corrected chi connectivity index (χ3v) is 3.91. The van der Waals surface area contributed by atoms with Crippen molar-refractivity contribution in [1.29, 1.82) is 0 Å². The summed E-state index contributed by atoms with van der Waals surface area (Å²) in [5.74, 6) is 0.927. The first-order valence-electron chi connectivity index (χ1n) is 6.65. The third-order valence-electron chi connectivity index (χ3n) is 3.43. The van der Waals surface area contributed by atoms with Crippen LogP contribution in [-0.2, 0) is 13.0 Å². The van der Waals surface area contributed by atoms with Gasteiger partial charge in [-0.3, -0.25) is 0 Å². The molecule has 0 saturated carbocycles. The maximum absolute atomic E-state index is 13.5. The van der Waals surface area contributed by atoms with Crippen LogP contribution in [0.15, 0.2) is 12.1 Å². The maximum atomic E-state index is 13.5. The van der Waals surface area contributed by atoms with Crippen molar-refractivity contribution in [3.63, 3.8) is 0 Å². The van der Waals surface area contributed by atoms with E-state index in [1.807, 2.05) is 0 Å². The molecule has 0 fully saturated rings. The van der Waals surface area contributed by atoms with E-state index in [4.69, 9.17) is 23.2 Å². The van der Waals surface area contributed by atoms with E-state index < -0.39 is 5.82 Å². The van der Waals surface area contributed by atoms with Gasteiger partial charge >= 0.3 is 0 Å². The van der Waals surface area contributed by atoms with E-state index in [9.17, 15) is 4.39 Å². The number of nitrogens with zero attached hydrogens (tertiary/aromatic N) is 3. The van der Waals surface area contributed by atoms with Crippen LogP contribution in [0.3, 0.4) is 0 Å². The van der Waals surface area contributed by atoms with Crippen LogP contribution in [0.25, 0.3) is 11.0 Å². The van der Waals surface area contributed by atoms with Gasteiger partial charge in [0, 0.05) is 31.5 Å². The lowest BCUT2D eigenvalue weighted by Gasteiger charge is -2.16. The number of aryl methyl sites for hydroxylation is 1. The summed E-state index contributed by atoms with van der Waals surface area (Å²) in [7, 11) is 2.06. The van der Waals surface area contributed by atoms with Gasteiger partial charge in [-0.1, -0.05) is 18.5 Å². The Kier molecular flexibility index (Phi) is 5.24. The van der Waals surface area contributed by atoms with Crippen LogP contribution in [-0.4, -0.2) is 40.5 Å². The Morgan fingerprint density at radius 3 is 2.80 bits per heavy atom. The number of likely N-dealkylation sites (N-methyl/N-ethyl adjacent to an activating group) is 1. The summed E-state index contributed by atoms with van der Waals surface area (Å²) < 4.78 is 15.6. The van der Waals surface area contributed by atoms with Crippen LogP contribution in [0.2, 0.25) is 5.02 Å². The lowest BCUT2D eigenvalue weighted by molar-refractivity contribution is 0.335. The molecular formula is C14H18Cl2FN3. The minimum Gasteiger partial charge on any atom is -0.327 e. The second-order valence-electron chi connectivity index (χ2n) is 4.77. The quantitative estimate of drug-likeness (QED) is 0.759. The normalized spacial score (nSPS) is 11.7. The summed E-state index contributed by atoms with van der Waals surface area (Å²) in [6.07, 6.45) is 0.658. The van der Waals surface area contributed by atoms with E-state index in [0.717, 1.165) is 31.0 Å². The highest BCUT2D eigenvalue weighted by molar-refractivity contribution is 6.31. The van der Waals surface area contributed by atoms with E-state index in [0.29, 0.717) is 17.8 Å². The molecule has 1 aromatic carbocycles. The van der Waals surface area contributed by atoms with Gasteiger partial charge in [0.15, 0.2) is 0 Å². The molecule has 0 saturated heterocycles. The average Bonchev–Trinajstić information content (AvgIpc) is 2.74. The van der Waals surface area contributed by atoms with Gasteiger partial charge in [0.1, 0.15) is 11.6 Å². The van der Waals surface area contributed by atoms with Crippen LogP contribution in [0.5, 0.6) is 0 Å². The molecule has 0 radical (unpaired) electrons. The van der Waals surface area contributed by atoms with Crippen LogP contribution >= 0.6 is 23.2 Å². The van der Waals surface area contributed by atoms with Crippen LogP contribution < -0.4 is 0 Å². The number of benzene rings is 1. The van der Waals surface area contributed by atoms with Crippen molar-refractivity contribution in [3.05, 3.63) is 28.8 Å². The standard InChI is InChI=1S/C14H18Cl2FN3/c1-3-19(2)6-7-20-13-8-10(16)11(17)9-12(13)18-14(20)4-5-15/h8-9H,3-7H2,1-2H3. The Balaban J connectivity index is 2.42. The van der Waals surface area contributed by atoms with E-state index in [1.165, 1.54) is 6.07 Å². The Bertz CT molecular complexity index is 598. The predicted octanol–water partition coefficient (Wildman–Crippen LogP) is 3.56. The Morgan fingerprint density at radius 1 is 1.40 bits per heavy atom. The molecule has 0 unspecified atom stereocenters. The van der Waals surface area contributed by atoms with E-state index >= 15 is 0 Å². The first kappa shape index (κ1) is 15.5. The topological polar surface area (TPSA) is 21.1 Å². The second kappa shape index (κ2) is 6.74. The van der Waals surface area contributed by atoms with Crippen molar-refractivity contribution in [2.24, 2.45) is 0 Å². The minimum atomic E-state index is -0.438. The molecule has 0 atom stereocenters. The summed E-state index contributed by atoms with van der Waals surface area (Å²) >= 11 is 11.7. The molecule has 0 aliphatic heterocycles. The minimum absolute atomic E-state index is 0.125. The summed E-state index contributed by atoms with van der Waals surface area (Å²) in [6, 6.07) is 3.03. The van der Waals surface area contributed by atoms with Crippen LogP contribution in [0.4, 0.5) is 4.39 Å². The summed E-state index contributed by atoms with van der Waals surface area (Å²) in [5.41, 5.74) is 1.49. The molecule has 0 aliphatic carbocycles. The molecule has 0 N–H and O–H groups in total. The van der Waals surface area contributed by atoms with Gasteiger partial charge in [-0.25, -0.2) is 9.37 Å².